The van der Waals surface area contributed by atoms with E-state index >= 15 is 0 Å². The molecule has 0 aliphatic heterocycles. The number of hydrazine groups is 1. The van der Waals surface area contributed by atoms with Crippen LogP contribution >= 0.6 is 0 Å². The van der Waals surface area contributed by atoms with Crippen molar-refractivity contribution in [2.45, 2.75) is 39.2 Å². The van der Waals surface area contributed by atoms with Crippen molar-refractivity contribution in [3.05, 3.63) is 18.2 Å². The monoisotopic (exact) mass is 210 g/mol. The molecule has 0 aliphatic rings. The topological polar surface area (TPSA) is 72.9 Å². The summed E-state index contributed by atoms with van der Waals surface area (Å²) in [5.41, 5.74) is 2.12. The first-order chi connectivity index (χ1) is 7.15. The van der Waals surface area contributed by atoms with Gasteiger partial charge >= 0.3 is 0 Å². The number of hydrogen-bond acceptors (Lipinski definition) is 3. The van der Waals surface area contributed by atoms with E-state index in [0.29, 0.717) is 12.3 Å². The van der Waals surface area contributed by atoms with Crippen LogP contribution in [-0.2, 0) is 11.3 Å². The second-order valence-electron chi connectivity index (χ2n) is 3.80. The van der Waals surface area contributed by atoms with Gasteiger partial charge in [-0.3, -0.25) is 10.2 Å². The van der Waals surface area contributed by atoms with E-state index in [-0.39, 0.29) is 5.91 Å². The zero-order valence-electron chi connectivity index (χ0n) is 9.23. The Morgan fingerprint density at radius 3 is 3.00 bits per heavy atom. The molecule has 0 fully saturated rings. The van der Waals surface area contributed by atoms with E-state index in [9.17, 15) is 4.79 Å². The number of nitrogens with zero attached hydrogens (tertiary/aromatic N) is 2. The molecule has 3 N–H and O–H groups in total. The molecule has 1 aromatic rings. The van der Waals surface area contributed by atoms with Crippen LogP contribution in [0.15, 0.2) is 12.4 Å². The van der Waals surface area contributed by atoms with Gasteiger partial charge in [-0.15, -0.1) is 0 Å². The van der Waals surface area contributed by atoms with Gasteiger partial charge in [0.2, 0.25) is 5.91 Å². The number of aromatic nitrogens is 2. The number of nitrogens with one attached hydrogen (secondary N) is 1. The summed E-state index contributed by atoms with van der Waals surface area (Å²) in [6.45, 7) is 5.01. The SMILES string of the molecule is CC(C)c1nccn1CCCC(=O)NN. The Morgan fingerprint density at radius 2 is 2.40 bits per heavy atom. The number of imidazole rings is 1. The fourth-order valence-electron chi connectivity index (χ4n) is 1.49. The lowest BCUT2D eigenvalue weighted by Gasteiger charge is -2.09. The smallest absolute Gasteiger partial charge is 0.233 e. The van der Waals surface area contributed by atoms with E-state index in [0.717, 1.165) is 18.8 Å². The van der Waals surface area contributed by atoms with Crippen molar-refractivity contribution in [1.29, 1.82) is 0 Å². The zero-order chi connectivity index (χ0) is 11.3. The van der Waals surface area contributed by atoms with Gasteiger partial charge in [0, 0.05) is 31.3 Å². The molecular weight excluding hydrogens is 192 g/mol. The maximum absolute atomic E-state index is 10.9. The molecule has 84 valence electrons. The first-order valence-corrected chi connectivity index (χ1v) is 5.15. The van der Waals surface area contributed by atoms with E-state index in [1.807, 2.05) is 6.20 Å². The normalized spacial score (nSPS) is 10.7. The van der Waals surface area contributed by atoms with Crippen LogP contribution in [0.25, 0.3) is 0 Å². The summed E-state index contributed by atoms with van der Waals surface area (Å²) in [5.74, 6) is 6.33. The van der Waals surface area contributed by atoms with Crippen molar-refractivity contribution in [3.63, 3.8) is 0 Å². The Morgan fingerprint density at radius 1 is 1.67 bits per heavy atom. The third kappa shape index (κ3) is 3.36. The van der Waals surface area contributed by atoms with Gasteiger partial charge in [-0.05, 0) is 6.42 Å². The van der Waals surface area contributed by atoms with Crippen LogP contribution < -0.4 is 11.3 Å². The van der Waals surface area contributed by atoms with Gasteiger partial charge in [0.25, 0.3) is 0 Å². The molecule has 0 unspecified atom stereocenters. The van der Waals surface area contributed by atoms with E-state index < -0.39 is 0 Å². The summed E-state index contributed by atoms with van der Waals surface area (Å²) < 4.78 is 2.08. The summed E-state index contributed by atoms with van der Waals surface area (Å²) in [5, 5.41) is 0. The highest BCUT2D eigenvalue weighted by Crippen LogP contribution is 2.12. The number of carbonyl (C=O) groups excluding carboxylic acids is 1. The summed E-state index contributed by atoms with van der Waals surface area (Å²) >= 11 is 0. The number of carbonyl (C=O) groups is 1. The lowest BCUT2D eigenvalue weighted by Crippen LogP contribution is -2.29. The zero-order valence-corrected chi connectivity index (χ0v) is 9.23. The number of rotatable bonds is 5. The largest absolute Gasteiger partial charge is 0.335 e. The van der Waals surface area contributed by atoms with Crippen LogP contribution in [0.3, 0.4) is 0 Å². The van der Waals surface area contributed by atoms with E-state index in [4.69, 9.17) is 5.84 Å². The first kappa shape index (κ1) is 11.7. The third-order valence-corrected chi connectivity index (χ3v) is 2.23. The molecule has 1 aromatic heterocycles. The highest BCUT2D eigenvalue weighted by Gasteiger charge is 2.07. The Labute approximate surface area is 89.6 Å². The molecule has 0 bridgehead atoms. The Balaban J connectivity index is 2.43. The molecule has 0 aliphatic carbocycles. The lowest BCUT2D eigenvalue weighted by atomic mass is 10.2. The quantitative estimate of drug-likeness (QED) is 0.428. The maximum Gasteiger partial charge on any atom is 0.233 e. The van der Waals surface area contributed by atoms with Crippen molar-refractivity contribution in [3.8, 4) is 0 Å². The maximum atomic E-state index is 10.9. The van der Waals surface area contributed by atoms with Crippen molar-refractivity contribution in [2.24, 2.45) is 5.84 Å². The fourth-order valence-corrected chi connectivity index (χ4v) is 1.49. The van der Waals surface area contributed by atoms with Crippen LogP contribution in [-0.4, -0.2) is 15.5 Å². The predicted molar refractivity (Wildman–Crippen MR) is 57.9 cm³/mol. The van der Waals surface area contributed by atoms with Gasteiger partial charge in [-0.2, -0.15) is 0 Å². The van der Waals surface area contributed by atoms with Crippen molar-refractivity contribution < 1.29 is 4.79 Å². The minimum Gasteiger partial charge on any atom is -0.335 e. The first-order valence-electron chi connectivity index (χ1n) is 5.15. The fraction of sp³-hybridized carbons (Fsp3) is 0.600. The molecule has 15 heavy (non-hydrogen) atoms. The van der Waals surface area contributed by atoms with Gasteiger partial charge in [0.05, 0.1) is 0 Å². The van der Waals surface area contributed by atoms with Crippen LogP contribution in [0.1, 0.15) is 38.4 Å². The molecule has 1 heterocycles. The second kappa shape index (κ2) is 5.50. The van der Waals surface area contributed by atoms with Gasteiger partial charge in [-0.1, -0.05) is 13.8 Å². The molecule has 1 amide bonds. The molecule has 0 spiro atoms. The van der Waals surface area contributed by atoms with Crippen LogP contribution in [0.4, 0.5) is 0 Å². The van der Waals surface area contributed by atoms with Crippen LogP contribution in [0.2, 0.25) is 0 Å². The molecule has 0 saturated carbocycles. The minimum atomic E-state index is -0.124. The van der Waals surface area contributed by atoms with Gasteiger partial charge < -0.3 is 4.57 Å². The summed E-state index contributed by atoms with van der Waals surface area (Å²) in [4.78, 5) is 15.2. The average molecular weight is 210 g/mol. The second-order valence-corrected chi connectivity index (χ2v) is 3.80. The lowest BCUT2D eigenvalue weighted by molar-refractivity contribution is -0.121. The Kier molecular flexibility index (Phi) is 4.30. The molecule has 0 saturated heterocycles. The average Bonchev–Trinajstić information content (AvgIpc) is 2.65. The molecule has 1 rings (SSSR count). The van der Waals surface area contributed by atoms with Crippen LogP contribution in [0.5, 0.6) is 0 Å². The summed E-state index contributed by atoms with van der Waals surface area (Å²) in [6.07, 6.45) is 4.96. The van der Waals surface area contributed by atoms with Crippen LogP contribution in [0, 0.1) is 0 Å². The molecule has 0 atom stereocenters. The number of amides is 1. The standard InChI is InChI=1S/C10H18N4O/c1-8(2)10-12-5-7-14(10)6-3-4-9(15)13-11/h5,7-8H,3-4,6,11H2,1-2H3,(H,13,15). The number of aryl methyl sites for hydroxylation is 1. The summed E-state index contributed by atoms with van der Waals surface area (Å²) in [6, 6.07) is 0. The highest BCUT2D eigenvalue weighted by atomic mass is 16.2. The Hall–Kier alpha value is -1.36. The molecule has 0 radical (unpaired) electrons. The van der Waals surface area contributed by atoms with Crippen molar-refractivity contribution in [1.82, 2.24) is 15.0 Å². The molecule has 0 aromatic carbocycles. The number of nitrogens with two attached hydrogens (primary N) is 1. The van der Waals surface area contributed by atoms with E-state index in [1.54, 1.807) is 6.20 Å². The van der Waals surface area contributed by atoms with Crippen molar-refractivity contribution >= 4 is 5.91 Å². The third-order valence-electron chi connectivity index (χ3n) is 2.23. The minimum absolute atomic E-state index is 0.124. The van der Waals surface area contributed by atoms with Gasteiger partial charge in [0.1, 0.15) is 5.82 Å². The highest BCUT2D eigenvalue weighted by molar-refractivity contribution is 5.75. The Bertz CT molecular complexity index is 319. The van der Waals surface area contributed by atoms with Crippen molar-refractivity contribution in [2.75, 3.05) is 0 Å². The number of hydrogen-bond donors (Lipinski definition) is 2. The molecular formula is C10H18N4O. The van der Waals surface area contributed by atoms with E-state index in [1.165, 1.54) is 0 Å². The molecule has 5 heteroatoms. The van der Waals surface area contributed by atoms with Gasteiger partial charge in [0.15, 0.2) is 0 Å². The predicted octanol–water partition coefficient (Wildman–Crippen LogP) is 0.777. The molecule has 5 nitrogen and oxygen atoms in total. The summed E-state index contributed by atoms with van der Waals surface area (Å²) in [7, 11) is 0. The van der Waals surface area contributed by atoms with Gasteiger partial charge in [-0.25, -0.2) is 10.8 Å². The van der Waals surface area contributed by atoms with E-state index in [2.05, 4.69) is 28.8 Å².